The third kappa shape index (κ3) is 3.57. The van der Waals surface area contributed by atoms with Gasteiger partial charge in [-0.05, 0) is 41.5 Å². The standard InChI is InChI=1S/C18H16N2O2S/c1-14-6-10-18(11-7-14)23(21,22)20-19-13-15-8-9-16-4-2-3-5-17(16)12-15/h2-13,20H,1H3/b19-13+. The van der Waals surface area contributed by atoms with E-state index in [1.165, 1.54) is 6.21 Å². The van der Waals surface area contributed by atoms with Gasteiger partial charge in [-0.1, -0.05) is 54.1 Å². The third-order valence-electron chi connectivity index (χ3n) is 3.49. The molecule has 5 heteroatoms. The minimum atomic E-state index is -3.64. The second-order valence-electron chi connectivity index (χ2n) is 5.27. The minimum absolute atomic E-state index is 0.193. The largest absolute Gasteiger partial charge is 0.276 e. The molecule has 3 rings (SSSR count). The Hall–Kier alpha value is -2.66. The Morgan fingerprint density at radius 2 is 1.61 bits per heavy atom. The molecule has 0 aromatic heterocycles. The van der Waals surface area contributed by atoms with E-state index in [1.54, 1.807) is 24.3 Å². The highest BCUT2D eigenvalue weighted by Gasteiger charge is 2.11. The normalized spacial score (nSPS) is 11.9. The lowest BCUT2D eigenvalue weighted by Crippen LogP contribution is -2.18. The van der Waals surface area contributed by atoms with Crippen molar-refractivity contribution in [1.29, 1.82) is 0 Å². The van der Waals surface area contributed by atoms with Crippen LogP contribution in [0.2, 0.25) is 0 Å². The van der Waals surface area contributed by atoms with Crippen LogP contribution in [-0.2, 0) is 10.0 Å². The van der Waals surface area contributed by atoms with E-state index in [9.17, 15) is 8.42 Å². The smallest absolute Gasteiger partial charge is 0.200 e. The van der Waals surface area contributed by atoms with E-state index in [0.717, 1.165) is 21.9 Å². The summed E-state index contributed by atoms with van der Waals surface area (Å²) in [5.41, 5.74) is 1.83. The van der Waals surface area contributed by atoms with E-state index in [4.69, 9.17) is 0 Å². The number of nitrogens with zero attached hydrogens (tertiary/aromatic N) is 1. The maximum atomic E-state index is 12.1. The molecule has 0 aliphatic heterocycles. The maximum Gasteiger partial charge on any atom is 0.276 e. The number of nitrogens with one attached hydrogen (secondary N) is 1. The van der Waals surface area contributed by atoms with Crippen molar-refractivity contribution in [2.75, 3.05) is 0 Å². The van der Waals surface area contributed by atoms with Gasteiger partial charge in [0.2, 0.25) is 0 Å². The van der Waals surface area contributed by atoms with Crippen molar-refractivity contribution in [2.45, 2.75) is 11.8 Å². The molecule has 3 aromatic carbocycles. The monoisotopic (exact) mass is 324 g/mol. The molecule has 0 saturated carbocycles. The van der Waals surface area contributed by atoms with E-state index < -0.39 is 10.0 Å². The van der Waals surface area contributed by atoms with Gasteiger partial charge in [-0.3, -0.25) is 0 Å². The fourth-order valence-corrected chi connectivity index (χ4v) is 3.02. The van der Waals surface area contributed by atoms with Gasteiger partial charge in [0.25, 0.3) is 10.0 Å². The summed E-state index contributed by atoms with van der Waals surface area (Å²) >= 11 is 0. The molecule has 0 fully saturated rings. The van der Waals surface area contributed by atoms with Gasteiger partial charge in [0.05, 0.1) is 11.1 Å². The van der Waals surface area contributed by atoms with Crippen molar-refractivity contribution in [1.82, 2.24) is 4.83 Å². The van der Waals surface area contributed by atoms with Crippen molar-refractivity contribution < 1.29 is 8.42 Å². The Morgan fingerprint density at radius 3 is 2.35 bits per heavy atom. The second-order valence-corrected chi connectivity index (χ2v) is 6.93. The second kappa shape index (κ2) is 6.22. The highest BCUT2D eigenvalue weighted by atomic mass is 32.2. The SMILES string of the molecule is Cc1ccc(S(=O)(=O)N/N=C/c2ccc3ccccc3c2)cc1. The summed E-state index contributed by atoms with van der Waals surface area (Å²) in [6, 6.07) is 20.4. The molecule has 0 aliphatic rings. The molecule has 0 heterocycles. The quantitative estimate of drug-likeness (QED) is 0.590. The zero-order valence-corrected chi connectivity index (χ0v) is 13.4. The Bertz CT molecular complexity index is 962. The van der Waals surface area contributed by atoms with Crippen molar-refractivity contribution in [2.24, 2.45) is 5.10 Å². The molecule has 1 N–H and O–H groups in total. The number of hydrogen-bond donors (Lipinski definition) is 1. The topological polar surface area (TPSA) is 58.5 Å². The molecule has 0 atom stereocenters. The molecule has 0 amide bonds. The number of rotatable bonds is 4. The summed E-state index contributed by atoms with van der Waals surface area (Å²) in [7, 11) is -3.64. The molecular formula is C18H16N2O2S. The van der Waals surface area contributed by atoms with E-state index in [0.29, 0.717) is 0 Å². The first-order chi connectivity index (χ1) is 11.0. The van der Waals surface area contributed by atoms with Crippen LogP contribution in [0.15, 0.2) is 76.7 Å². The number of hydrazone groups is 1. The lowest BCUT2D eigenvalue weighted by atomic mass is 10.1. The maximum absolute atomic E-state index is 12.1. The zero-order valence-electron chi connectivity index (χ0n) is 12.6. The van der Waals surface area contributed by atoms with Crippen LogP contribution in [0.5, 0.6) is 0 Å². The van der Waals surface area contributed by atoms with Gasteiger partial charge in [-0.25, -0.2) is 4.83 Å². The van der Waals surface area contributed by atoms with Crippen LogP contribution in [-0.4, -0.2) is 14.6 Å². The lowest BCUT2D eigenvalue weighted by molar-refractivity contribution is 0.584. The zero-order chi connectivity index (χ0) is 16.3. The molecule has 4 nitrogen and oxygen atoms in total. The highest BCUT2D eigenvalue weighted by molar-refractivity contribution is 7.89. The first-order valence-corrected chi connectivity index (χ1v) is 8.63. The molecule has 3 aromatic rings. The average Bonchev–Trinajstić information content (AvgIpc) is 2.55. The minimum Gasteiger partial charge on any atom is -0.200 e. The number of benzene rings is 3. The predicted molar refractivity (Wildman–Crippen MR) is 93.0 cm³/mol. The molecule has 0 saturated heterocycles. The molecule has 0 radical (unpaired) electrons. The van der Waals surface area contributed by atoms with Crippen LogP contribution in [0.1, 0.15) is 11.1 Å². The molecule has 0 bridgehead atoms. The Labute approximate surface area is 135 Å². The fourth-order valence-electron chi connectivity index (χ4n) is 2.23. The van der Waals surface area contributed by atoms with Gasteiger partial charge in [0.15, 0.2) is 0 Å². The Kier molecular flexibility index (Phi) is 4.12. The number of aryl methyl sites for hydroxylation is 1. The van der Waals surface area contributed by atoms with Gasteiger partial charge in [-0.15, -0.1) is 0 Å². The van der Waals surface area contributed by atoms with E-state index in [2.05, 4.69) is 9.93 Å². The summed E-state index contributed by atoms with van der Waals surface area (Å²) in [5.74, 6) is 0. The van der Waals surface area contributed by atoms with Crippen LogP contribution >= 0.6 is 0 Å². The van der Waals surface area contributed by atoms with Crippen molar-refractivity contribution in [3.05, 3.63) is 77.9 Å². The van der Waals surface area contributed by atoms with Crippen LogP contribution in [0.4, 0.5) is 0 Å². The Balaban J connectivity index is 1.78. The van der Waals surface area contributed by atoms with Crippen LogP contribution in [0, 0.1) is 6.92 Å². The van der Waals surface area contributed by atoms with Crippen molar-refractivity contribution in [3.8, 4) is 0 Å². The number of hydrogen-bond acceptors (Lipinski definition) is 3. The van der Waals surface area contributed by atoms with E-state index in [1.807, 2.05) is 49.4 Å². The average molecular weight is 324 g/mol. The van der Waals surface area contributed by atoms with Crippen LogP contribution in [0.25, 0.3) is 10.8 Å². The number of sulfonamides is 1. The summed E-state index contributed by atoms with van der Waals surface area (Å²) in [6.45, 7) is 1.90. The number of fused-ring (bicyclic) bond motifs is 1. The van der Waals surface area contributed by atoms with Gasteiger partial charge >= 0.3 is 0 Å². The summed E-state index contributed by atoms with van der Waals surface area (Å²) in [4.78, 5) is 2.43. The van der Waals surface area contributed by atoms with Gasteiger partial charge in [0.1, 0.15) is 0 Å². The van der Waals surface area contributed by atoms with Crippen molar-refractivity contribution in [3.63, 3.8) is 0 Å². The summed E-state index contributed by atoms with van der Waals surface area (Å²) in [5, 5.41) is 6.07. The molecule has 23 heavy (non-hydrogen) atoms. The molecule has 0 aliphatic carbocycles. The summed E-state index contributed by atoms with van der Waals surface area (Å²) < 4.78 is 24.2. The van der Waals surface area contributed by atoms with Gasteiger partial charge in [0, 0.05) is 0 Å². The summed E-state index contributed by atoms with van der Waals surface area (Å²) in [6.07, 6.45) is 1.50. The third-order valence-corrected chi connectivity index (χ3v) is 4.73. The molecule has 0 spiro atoms. The first-order valence-electron chi connectivity index (χ1n) is 7.15. The lowest BCUT2D eigenvalue weighted by Gasteiger charge is -2.03. The van der Waals surface area contributed by atoms with Crippen LogP contribution in [0.3, 0.4) is 0 Å². The van der Waals surface area contributed by atoms with E-state index in [-0.39, 0.29) is 4.90 Å². The van der Waals surface area contributed by atoms with Crippen LogP contribution < -0.4 is 4.83 Å². The highest BCUT2D eigenvalue weighted by Crippen LogP contribution is 2.14. The van der Waals surface area contributed by atoms with Crippen molar-refractivity contribution >= 4 is 27.0 Å². The Morgan fingerprint density at radius 1 is 0.913 bits per heavy atom. The first kappa shape index (κ1) is 15.2. The molecular weight excluding hydrogens is 308 g/mol. The van der Waals surface area contributed by atoms with Gasteiger partial charge < -0.3 is 0 Å². The molecule has 116 valence electrons. The van der Waals surface area contributed by atoms with E-state index >= 15 is 0 Å². The van der Waals surface area contributed by atoms with Gasteiger partial charge in [-0.2, -0.15) is 13.5 Å². The fraction of sp³-hybridized carbons (Fsp3) is 0.0556. The molecule has 0 unspecified atom stereocenters. The predicted octanol–water partition coefficient (Wildman–Crippen LogP) is 3.46.